The van der Waals surface area contributed by atoms with Crippen molar-refractivity contribution in [2.45, 2.75) is 25.3 Å². The summed E-state index contributed by atoms with van der Waals surface area (Å²) in [6, 6.07) is 0. The van der Waals surface area contributed by atoms with Crippen LogP contribution in [-0.4, -0.2) is 37.1 Å². The smallest absolute Gasteiger partial charge is 0.114 e. The molecule has 0 spiro atoms. The first kappa shape index (κ1) is 11.0. The van der Waals surface area contributed by atoms with Crippen LogP contribution in [0.25, 0.3) is 0 Å². The van der Waals surface area contributed by atoms with Crippen LogP contribution in [-0.2, 0) is 5.54 Å². The molecule has 1 aliphatic heterocycles. The summed E-state index contributed by atoms with van der Waals surface area (Å²) in [5.74, 6) is 0. The molecular formula is C11H19N3S. The Morgan fingerprint density at radius 2 is 2.40 bits per heavy atom. The minimum absolute atomic E-state index is 0.0892. The third kappa shape index (κ3) is 2.07. The molecular weight excluding hydrogens is 206 g/mol. The zero-order valence-electron chi connectivity index (χ0n) is 9.71. The van der Waals surface area contributed by atoms with E-state index >= 15 is 0 Å². The number of likely N-dealkylation sites (tertiary alicyclic amines) is 1. The van der Waals surface area contributed by atoms with Crippen molar-refractivity contribution < 1.29 is 0 Å². The number of piperidine rings is 1. The third-order valence-corrected chi connectivity index (χ3v) is 4.35. The quantitative estimate of drug-likeness (QED) is 0.828. The summed E-state index contributed by atoms with van der Waals surface area (Å²) in [4.78, 5) is 7.03. The fraction of sp³-hybridized carbons (Fsp3) is 0.727. The molecule has 0 bridgehead atoms. The molecule has 1 fully saturated rings. The average molecular weight is 225 g/mol. The second-order valence-corrected chi connectivity index (χ2v) is 5.33. The maximum absolute atomic E-state index is 4.64. The Kier molecular flexibility index (Phi) is 3.09. The van der Waals surface area contributed by atoms with Crippen LogP contribution < -0.4 is 5.32 Å². The van der Waals surface area contributed by atoms with Crippen LogP contribution in [0.5, 0.6) is 0 Å². The molecule has 1 aliphatic rings. The highest BCUT2D eigenvalue weighted by Gasteiger charge is 2.36. The summed E-state index contributed by atoms with van der Waals surface area (Å²) in [7, 11) is 4.24. The first-order chi connectivity index (χ1) is 7.16. The molecule has 2 rings (SSSR count). The summed E-state index contributed by atoms with van der Waals surface area (Å²) in [5.41, 5.74) is 1.23. The number of rotatable bonds is 2. The molecule has 4 heteroatoms. The van der Waals surface area contributed by atoms with Crippen LogP contribution in [0.15, 0.2) is 5.38 Å². The van der Waals surface area contributed by atoms with Gasteiger partial charge >= 0.3 is 0 Å². The lowest BCUT2D eigenvalue weighted by atomic mass is 9.90. The van der Waals surface area contributed by atoms with Gasteiger partial charge < -0.3 is 10.2 Å². The lowest BCUT2D eigenvalue weighted by molar-refractivity contribution is 0.151. The van der Waals surface area contributed by atoms with E-state index in [1.807, 2.05) is 0 Å². The number of hydrogen-bond acceptors (Lipinski definition) is 4. The monoisotopic (exact) mass is 225 g/mol. The first-order valence-corrected chi connectivity index (χ1v) is 6.34. The zero-order valence-corrected chi connectivity index (χ0v) is 10.5. The highest BCUT2D eigenvalue weighted by Crippen LogP contribution is 2.32. The van der Waals surface area contributed by atoms with Crippen molar-refractivity contribution in [1.82, 2.24) is 15.2 Å². The number of likely N-dealkylation sites (N-methyl/N-ethyl adjacent to an activating group) is 2. The van der Waals surface area contributed by atoms with Crippen molar-refractivity contribution in [3.05, 3.63) is 16.1 Å². The Balaban J connectivity index is 2.27. The normalized spacial score (nSPS) is 28.2. The van der Waals surface area contributed by atoms with Crippen molar-refractivity contribution in [2.75, 3.05) is 27.2 Å². The predicted molar refractivity (Wildman–Crippen MR) is 64.3 cm³/mol. The molecule has 1 saturated heterocycles. The predicted octanol–water partition coefficient (Wildman–Crippen LogP) is 1.59. The first-order valence-electron chi connectivity index (χ1n) is 5.46. The van der Waals surface area contributed by atoms with Crippen LogP contribution in [0.2, 0.25) is 0 Å². The highest BCUT2D eigenvalue weighted by molar-refractivity contribution is 7.09. The SMILES string of the molecule is CNC1(c2nc(C)cs2)CCCN(C)C1. The minimum Gasteiger partial charge on any atom is -0.307 e. The van der Waals surface area contributed by atoms with E-state index in [0.29, 0.717) is 0 Å². The highest BCUT2D eigenvalue weighted by atomic mass is 32.1. The molecule has 0 aromatic carbocycles. The molecule has 1 unspecified atom stereocenters. The maximum atomic E-state index is 4.64. The molecule has 0 radical (unpaired) electrons. The summed E-state index contributed by atoms with van der Waals surface area (Å²) in [6.45, 7) is 4.33. The second kappa shape index (κ2) is 4.20. The topological polar surface area (TPSA) is 28.2 Å². The van der Waals surface area contributed by atoms with Gasteiger partial charge in [-0.2, -0.15) is 0 Å². The maximum Gasteiger partial charge on any atom is 0.114 e. The van der Waals surface area contributed by atoms with E-state index in [1.54, 1.807) is 11.3 Å². The van der Waals surface area contributed by atoms with E-state index in [2.05, 4.69) is 41.6 Å². The van der Waals surface area contributed by atoms with E-state index < -0.39 is 0 Å². The zero-order chi connectivity index (χ0) is 10.9. The Morgan fingerprint density at radius 3 is 2.93 bits per heavy atom. The largest absolute Gasteiger partial charge is 0.307 e. The van der Waals surface area contributed by atoms with E-state index in [9.17, 15) is 0 Å². The summed E-state index contributed by atoms with van der Waals surface area (Å²) in [5, 5.41) is 6.87. The number of hydrogen-bond donors (Lipinski definition) is 1. The number of nitrogens with zero attached hydrogens (tertiary/aromatic N) is 2. The van der Waals surface area contributed by atoms with Gasteiger partial charge in [0.15, 0.2) is 0 Å². The molecule has 2 heterocycles. The fourth-order valence-electron chi connectivity index (χ4n) is 2.33. The molecule has 1 aromatic heterocycles. The number of thiazole rings is 1. The Hall–Kier alpha value is -0.450. The standard InChI is InChI=1S/C11H19N3S/c1-9-7-15-10(13-9)11(12-2)5-4-6-14(3)8-11/h7,12H,4-6,8H2,1-3H3. The van der Waals surface area contributed by atoms with Crippen molar-refractivity contribution in [1.29, 1.82) is 0 Å². The van der Waals surface area contributed by atoms with E-state index in [0.717, 1.165) is 12.2 Å². The van der Waals surface area contributed by atoms with Crippen LogP contribution in [0.4, 0.5) is 0 Å². The number of aromatic nitrogens is 1. The molecule has 0 amide bonds. The van der Waals surface area contributed by atoms with Gasteiger partial charge in [0.1, 0.15) is 5.01 Å². The summed E-state index contributed by atoms with van der Waals surface area (Å²) < 4.78 is 0. The molecule has 0 saturated carbocycles. The van der Waals surface area contributed by atoms with Gasteiger partial charge in [0.2, 0.25) is 0 Å². The molecule has 1 aromatic rings. The van der Waals surface area contributed by atoms with Gasteiger partial charge in [-0.25, -0.2) is 4.98 Å². The van der Waals surface area contributed by atoms with Crippen LogP contribution in [0.1, 0.15) is 23.5 Å². The Bertz CT molecular complexity index is 336. The second-order valence-electron chi connectivity index (χ2n) is 4.47. The molecule has 15 heavy (non-hydrogen) atoms. The Labute approximate surface area is 95.5 Å². The lowest BCUT2D eigenvalue weighted by Gasteiger charge is -2.40. The van der Waals surface area contributed by atoms with Gasteiger partial charge in [0.05, 0.1) is 5.54 Å². The van der Waals surface area contributed by atoms with Crippen molar-refractivity contribution in [3.8, 4) is 0 Å². The van der Waals surface area contributed by atoms with Gasteiger partial charge in [-0.15, -0.1) is 11.3 Å². The fourth-order valence-corrected chi connectivity index (χ4v) is 3.35. The molecule has 0 aliphatic carbocycles. The van der Waals surface area contributed by atoms with Gasteiger partial charge in [-0.3, -0.25) is 0 Å². The molecule has 1 atom stereocenters. The molecule has 3 nitrogen and oxygen atoms in total. The third-order valence-electron chi connectivity index (χ3n) is 3.19. The van der Waals surface area contributed by atoms with E-state index in [1.165, 1.54) is 24.4 Å². The van der Waals surface area contributed by atoms with Crippen molar-refractivity contribution in [2.24, 2.45) is 0 Å². The lowest BCUT2D eigenvalue weighted by Crippen LogP contribution is -2.52. The summed E-state index contributed by atoms with van der Waals surface area (Å²) >= 11 is 1.78. The average Bonchev–Trinajstić information content (AvgIpc) is 2.65. The van der Waals surface area contributed by atoms with Gasteiger partial charge in [0.25, 0.3) is 0 Å². The molecule has 84 valence electrons. The minimum atomic E-state index is 0.0892. The van der Waals surface area contributed by atoms with Gasteiger partial charge in [0, 0.05) is 17.6 Å². The van der Waals surface area contributed by atoms with E-state index in [-0.39, 0.29) is 5.54 Å². The number of aryl methyl sites for hydroxylation is 1. The number of nitrogens with one attached hydrogen (secondary N) is 1. The van der Waals surface area contributed by atoms with E-state index in [4.69, 9.17) is 0 Å². The van der Waals surface area contributed by atoms with Crippen molar-refractivity contribution >= 4 is 11.3 Å². The van der Waals surface area contributed by atoms with Crippen LogP contribution >= 0.6 is 11.3 Å². The van der Waals surface area contributed by atoms with Gasteiger partial charge in [-0.1, -0.05) is 0 Å². The molecule has 1 N–H and O–H groups in total. The van der Waals surface area contributed by atoms with Crippen LogP contribution in [0.3, 0.4) is 0 Å². The van der Waals surface area contributed by atoms with Crippen molar-refractivity contribution in [3.63, 3.8) is 0 Å². The van der Waals surface area contributed by atoms with Gasteiger partial charge in [-0.05, 0) is 40.4 Å². The van der Waals surface area contributed by atoms with Crippen LogP contribution in [0, 0.1) is 6.92 Å². The summed E-state index contributed by atoms with van der Waals surface area (Å²) in [6.07, 6.45) is 2.44. The Morgan fingerprint density at radius 1 is 1.60 bits per heavy atom.